The van der Waals surface area contributed by atoms with Gasteiger partial charge < -0.3 is 14.8 Å². The van der Waals surface area contributed by atoms with Crippen LogP contribution in [0.3, 0.4) is 0 Å². The number of nitrogens with one attached hydrogen (secondary N) is 1. The standard InChI is InChI=1S/C21H24N2O4/c1-4-26-18-11-10-15(13-19(18)27-5-2)21(25)23-16-9-7-6-8-14(16)12-17(23)20(24)22-3/h6-11,13,17H,4-5,12H2,1-3H3,(H,22,24)/t17-/m0/s1. The molecule has 0 saturated heterocycles. The Labute approximate surface area is 159 Å². The Kier molecular flexibility index (Phi) is 5.64. The lowest BCUT2D eigenvalue weighted by Gasteiger charge is -2.25. The molecule has 142 valence electrons. The molecular formula is C21H24N2O4. The summed E-state index contributed by atoms with van der Waals surface area (Å²) in [5, 5.41) is 2.66. The topological polar surface area (TPSA) is 67.9 Å². The van der Waals surface area contributed by atoms with E-state index in [0.29, 0.717) is 36.7 Å². The number of likely N-dealkylation sites (N-methyl/N-ethyl adjacent to an activating group) is 1. The smallest absolute Gasteiger partial charge is 0.259 e. The number of carbonyl (C=O) groups excluding carboxylic acids is 2. The Hall–Kier alpha value is -3.02. The van der Waals surface area contributed by atoms with E-state index >= 15 is 0 Å². The van der Waals surface area contributed by atoms with Crippen LogP contribution in [0.25, 0.3) is 0 Å². The SMILES string of the molecule is CCOc1ccc(C(=O)N2c3ccccc3C[C@H]2C(=O)NC)cc1OCC. The fourth-order valence-corrected chi connectivity index (χ4v) is 3.34. The van der Waals surface area contributed by atoms with Gasteiger partial charge in [0.25, 0.3) is 5.91 Å². The minimum atomic E-state index is -0.568. The quantitative estimate of drug-likeness (QED) is 0.851. The monoisotopic (exact) mass is 368 g/mol. The molecule has 0 spiro atoms. The highest BCUT2D eigenvalue weighted by molar-refractivity contribution is 6.11. The van der Waals surface area contributed by atoms with Gasteiger partial charge in [-0.05, 0) is 43.7 Å². The first-order valence-corrected chi connectivity index (χ1v) is 9.13. The maximum Gasteiger partial charge on any atom is 0.259 e. The number of anilines is 1. The zero-order valence-corrected chi connectivity index (χ0v) is 15.8. The molecule has 1 aliphatic rings. The molecular weight excluding hydrogens is 344 g/mol. The lowest BCUT2D eigenvalue weighted by atomic mass is 10.1. The van der Waals surface area contributed by atoms with Gasteiger partial charge in [0, 0.05) is 24.7 Å². The van der Waals surface area contributed by atoms with Crippen LogP contribution >= 0.6 is 0 Å². The summed E-state index contributed by atoms with van der Waals surface area (Å²) in [6.45, 7) is 4.74. The molecule has 1 aliphatic heterocycles. The second kappa shape index (κ2) is 8.12. The summed E-state index contributed by atoms with van der Waals surface area (Å²) in [4.78, 5) is 27.3. The molecule has 0 unspecified atom stereocenters. The van der Waals surface area contributed by atoms with E-state index in [1.54, 1.807) is 30.1 Å². The molecule has 1 N–H and O–H groups in total. The summed E-state index contributed by atoms with van der Waals surface area (Å²) in [5.74, 6) is 0.697. The predicted octanol–water partition coefficient (Wildman–Crippen LogP) is 2.80. The number of fused-ring (bicyclic) bond motifs is 1. The third kappa shape index (κ3) is 3.60. The number of hydrogen-bond acceptors (Lipinski definition) is 4. The highest BCUT2D eigenvalue weighted by Crippen LogP contribution is 2.35. The Morgan fingerprint density at radius 1 is 1.07 bits per heavy atom. The minimum Gasteiger partial charge on any atom is -0.490 e. The van der Waals surface area contributed by atoms with Gasteiger partial charge in [-0.2, -0.15) is 0 Å². The van der Waals surface area contributed by atoms with Crippen LogP contribution < -0.4 is 19.7 Å². The van der Waals surface area contributed by atoms with Gasteiger partial charge >= 0.3 is 0 Å². The van der Waals surface area contributed by atoms with Crippen LogP contribution in [-0.2, 0) is 11.2 Å². The molecule has 0 aliphatic carbocycles. The van der Waals surface area contributed by atoms with Gasteiger partial charge in [0.2, 0.25) is 5.91 Å². The predicted molar refractivity (Wildman–Crippen MR) is 104 cm³/mol. The van der Waals surface area contributed by atoms with Crippen molar-refractivity contribution in [2.75, 3.05) is 25.2 Å². The number of para-hydroxylation sites is 1. The van der Waals surface area contributed by atoms with E-state index in [0.717, 1.165) is 11.3 Å². The van der Waals surface area contributed by atoms with E-state index in [4.69, 9.17) is 9.47 Å². The van der Waals surface area contributed by atoms with Crippen LogP contribution in [0.2, 0.25) is 0 Å². The molecule has 2 amide bonds. The van der Waals surface area contributed by atoms with Crippen molar-refractivity contribution >= 4 is 17.5 Å². The minimum absolute atomic E-state index is 0.185. The van der Waals surface area contributed by atoms with Crippen LogP contribution in [0.15, 0.2) is 42.5 Å². The fraction of sp³-hybridized carbons (Fsp3) is 0.333. The summed E-state index contributed by atoms with van der Waals surface area (Å²) in [6.07, 6.45) is 0.497. The van der Waals surface area contributed by atoms with Crippen molar-refractivity contribution in [1.82, 2.24) is 5.32 Å². The lowest BCUT2D eigenvalue weighted by Crippen LogP contribution is -2.47. The van der Waals surface area contributed by atoms with E-state index in [1.807, 2.05) is 38.1 Å². The van der Waals surface area contributed by atoms with Gasteiger partial charge in [-0.3, -0.25) is 14.5 Å². The van der Waals surface area contributed by atoms with Gasteiger partial charge in [-0.25, -0.2) is 0 Å². The highest BCUT2D eigenvalue weighted by atomic mass is 16.5. The molecule has 2 aromatic rings. The number of nitrogens with zero attached hydrogens (tertiary/aromatic N) is 1. The molecule has 0 bridgehead atoms. The van der Waals surface area contributed by atoms with E-state index in [9.17, 15) is 9.59 Å². The second-order valence-corrected chi connectivity index (χ2v) is 6.17. The molecule has 6 nitrogen and oxygen atoms in total. The summed E-state index contributed by atoms with van der Waals surface area (Å²) in [6, 6.07) is 12.2. The molecule has 2 aromatic carbocycles. The van der Waals surface area contributed by atoms with Crippen LogP contribution in [0.5, 0.6) is 11.5 Å². The van der Waals surface area contributed by atoms with Gasteiger partial charge in [0.05, 0.1) is 13.2 Å². The van der Waals surface area contributed by atoms with E-state index < -0.39 is 6.04 Å². The highest BCUT2D eigenvalue weighted by Gasteiger charge is 2.38. The maximum absolute atomic E-state index is 13.3. The molecule has 0 radical (unpaired) electrons. The lowest BCUT2D eigenvalue weighted by molar-refractivity contribution is -0.121. The Morgan fingerprint density at radius 2 is 1.78 bits per heavy atom. The molecule has 6 heteroatoms. The molecule has 27 heavy (non-hydrogen) atoms. The average molecular weight is 368 g/mol. The maximum atomic E-state index is 13.3. The molecule has 1 heterocycles. The Balaban J connectivity index is 2.00. The zero-order valence-electron chi connectivity index (χ0n) is 15.8. The molecule has 3 rings (SSSR count). The number of ether oxygens (including phenoxy) is 2. The van der Waals surface area contributed by atoms with E-state index in [-0.39, 0.29) is 11.8 Å². The number of benzene rings is 2. The number of carbonyl (C=O) groups is 2. The Bertz CT molecular complexity index is 850. The van der Waals surface area contributed by atoms with Crippen LogP contribution in [-0.4, -0.2) is 38.1 Å². The number of amides is 2. The molecule has 1 atom stereocenters. The van der Waals surface area contributed by atoms with Crippen LogP contribution in [0.4, 0.5) is 5.69 Å². The van der Waals surface area contributed by atoms with E-state index in [1.165, 1.54) is 0 Å². The summed E-state index contributed by atoms with van der Waals surface area (Å²) < 4.78 is 11.2. The van der Waals surface area contributed by atoms with Gasteiger partial charge in [-0.1, -0.05) is 18.2 Å². The van der Waals surface area contributed by atoms with Crippen LogP contribution in [0.1, 0.15) is 29.8 Å². The van der Waals surface area contributed by atoms with Gasteiger partial charge in [-0.15, -0.1) is 0 Å². The first kappa shape index (κ1) is 18.8. The van der Waals surface area contributed by atoms with Crippen molar-refractivity contribution in [3.8, 4) is 11.5 Å². The van der Waals surface area contributed by atoms with Crippen molar-refractivity contribution in [3.63, 3.8) is 0 Å². The van der Waals surface area contributed by atoms with Gasteiger partial charge in [0.15, 0.2) is 11.5 Å². The second-order valence-electron chi connectivity index (χ2n) is 6.17. The zero-order chi connectivity index (χ0) is 19.4. The van der Waals surface area contributed by atoms with Crippen molar-refractivity contribution in [2.45, 2.75) is 26.3 Å². The van der Waals surface area contributed by atoms with Crippen molar-refractivity contribution in [1.29, 1.82) is 0 Å². The summed E-state index contributed by atoms with van der Waals surface area (Å²) in [7, 11) is 1.58. The normalized spacial score (nSPS) is 15.2. The average Bonchev–Trinajstić information content (AvgIpc) is 3.08. The van der Waals surface area contributed by atoms with Crippen molar-refractivity contribution < 1.29 is 19.1 Å². The third-order valence-electron chi connectivity index (χ3n) is 4.53. The van der Waals surface area contributed by atoms with E-state index in [2.05, 4.69) is 5.32 Å². The first-order chi connectivity index (χ1) is 13.1. The fourth-order valence-electron chi connectivity index (χ4n) is 3.34. The van der Waals surface area contributed by atoms with Gasteiger partial charge in [0.1, 0.15) is 6.04 Å². The van der Waals surface area contributed by atoms with Crippen molar-refractivity contribution in [3.05, 3.63) is 53.6 Å². The van der Waals surface area contributed by atoms with Crippen molar-refractivity contribution in [2.24, 2.45) is 0 Å². The summed E-state index contributed by atoms with van der Waals surface area (Å²) >= 11 is 0. The third-order valence-corrected chi connectivity index (χ3v) is 4.53. The first-order valence-electron chi connectivity index (χ1n) is 9.13. The largest absolute Gasteiger partial charge is 0.490 e. The summed E-state index contributed by atoms with van der Waals surface area (Å²) in [5.41, 5.74) is 2.20. The molecule has 0 saturated carbocycles. The molecule has 0 fully saturated rings. The number of hydrogen-bond donors (Lipinski definition) is 1. The Morgan fingerprint density at radius 3 is 2.48 bits per heavy atom. The molecule has 0 aromatic heterocycles. The number of rotatable bonds is 6. The van der Waals surface area contributed by atoms with Crippen LogP contribution in [0, 0.1) is 0 Å².